The smallest absolute Gasteiger partial charge is 0.180 e. The van der Waals surface area contributed by atoms with Crippen molar-refractivity contribution in [3.8, 4) is 0 Å². The van der Waals surface area contributed by atoms with Gasteiger partial charge < -0.3 is 4.90 Å². The number of nitrogens with zero attached hydrogens (tertiary/aromatic N) is 2. The van der Waals surface area contributed by atoms with Crippen molar-refractivity contribution in [2.75, 3.05) is 11.4 Å². The van der Waals surface area contributed by atoms with Crippen molar-refractivity contribution in [1.82, 2.24) is 4.98 Å². The molecule has 0 aromatic carbocycles. The number of carbonyl (C=O) groups is 1. The maximum absolute atomic E-state index is 11.7. The summed E-state index contributed by atoms with van der Waals surface area (Å²) < 4.78 is 0. The van der Waals surface area contributed by atoms with Gasteiger partial charge in [0, 0.05) is 19.0 Å². The van der Waals surface area contributed by atoms with E-state index in [1.165, 1.54) is 31.4 Å². The summed E-state index contributed by atoms with van der Waals surface area (Å²) in [5, 5.41) is 0. The Kier molecular flexibility index (Phi) is 5.16. The second-order valence-electron chi connectivity index (χ2n) is 6.16. The fourth-order valence-electron chi connectivity index (χ4n) is 2.98. The third-order valence-electron chi connectivity index (χ3n) is 4.01. The number of hydrogen-bond acceptors (Lipinski definition) is 3. The van der Waals surface area contributed by atoms with E-state index in [-0.39, 0.29) is 5.78 Å². The van der Waals surface area contributed by atoms with Gasteiger partial charge in [-0.25, -0.2) is 0 Å². The van der Waals surface area contributed by atoms with Crippen molar-refractivity contribution in [2.24, 2.45) is 5.92 Å². The van der Waals surface area contributed by atoms with Crippen LogP contribution in [0.5, 0.6) is 0 Å². The zero-order chi connectivity index (χ0) is 14.5. The van der Waals surface area contributed by atoms with Crippen LogP contribution < -0.4 is 4.90 Å². The van der Waals surface area contributed by atoms with E-state index in [0.717, 1.165) is 6.54 Å². The number of Topliss-reactive ketones (excluding diaryl/α,β-unsaturated/α-hetero) is 1. The molecule has 0 N–H and O–H groups in total. The average molecular weight is 274 g/mol. The molecule has 0 aliphatic heterocycles. The van der Waals surface area contributed by atoms with Crippen LogP contribution in [0.15, 0.2) is 18.3 Å². The van der Waals surface area contributed by atoms with Crippen LogP contribution in [0.25, 0.3) is 0 Å². The SMILES string of the molecule is CCC(=O)c1ccc(N(CC(C)C)C2CCCC2)cn1. The molecule has 1 fully saturated rings. The molecule has 0 unspecified atom stereocenters. The summed E-state index contributed by atoms with van der Waals surface area (Å²) in [6.45, 7) is 7.45. The molecule has 1 heterocycles. The topological polar surface area (TPSA) is 33.2 Å². The molecule has 0 bridgehead atoms. The first-order valence-corrected chi connectivity index (χ1v) is 7.87. The van der Waals surface area contributed by atoms with Crippen molar-refractivity contribution >= 4 is 11.5 Å². The standard InChI is InChI=1S/C17H26N2O/c1-4-17(20)16-10-9-15(11-18-16)19(12-13(2)3)14-7-5-6-8-14/h9-11,13-14H,4-8,12H2,1-3H3. The van der Waals surface area contributed by atoms with Gasteiger partial charge in [0.05, 0.1) is 11.9 Å². The second kappa shape index (κ2) is 6.87. The number of rotatable bonds is 6. The highest BCUT2D eigenvalue weighted by Crippen LogP contribution is 2.28. The Balaban J connectivity index is 2.17. The summed E-state index contributed by atoms with van der Waals surface area (Å²) in [7, 11) is 0. The lowest BCUT2D eigenvalue weighted by atomic mass is 10.1. The van der Waals surface area contributed by atoms with Crippen LogP contribution >= 0.6 is 0 Å². The van der Waals surface area contributed by atoms with Crippen molar-refractivity contribution in [1.29, 1.82) is 0 Å². The summed E-state index contributed by atoms with van der Waals surface area (Å²) in [5.74, 6) is 0.750. The van der Waals surface area contributed by atoms with Crippen LogP contribution in [-0.4, -0.2) is 23.4 Å². The van der Waals surface area contributed by atoms with E-state index in [4.69, 9.17) is 0 Å². The predicted molar refractivity (Wildman–Crippen MR) is 83.3 cm³/mol. The molecule has 3 heteroatoms. The first kappa shape index (κ1) is 15.0. The van der Waals surface area contributed by atoms with Crippen LogP contribution in [0.1, 0.15) is 63.4 Å². The molecule has 110 valence electrons. The van der Waals surface area contributed by atoms with E-state index in [9.17, 15) is 4.79 Å². The number of hydrogen-bond donors (Lipinski definition) is 0. The third-order valence-corrected chi connectivity index (χ3v) is 4.01. The van der Waals surface area contributed by atoms with Crippen LogP contribution in [0, 0.1) is 5.92 Å². The zero-order valence-electron chi connectivity index (χ0n) is 12.9. The number of anilines is 1. The minimum absolute atomic E-state index is 0.118. The van der Waals surface area contributed by atoms with Crippen LogP contribution in [0.3, 0.4) is 0 Å². The maximum atomic E-state index is 11.7. The number of carbonyl (C=O) groups excluding carboxylic acids is 1. The van der Waals surface area contributed by atoms with Gasteiger partial charge in [-0.05, 0) is 30.9 Å². The van der Waals surface area contributed by atoms with Crippen molar-refractivity contribution in [3.05, 3.63) is 24.0 Å². The normalized spacial score (nSPS) is 15.8. The van der Waals surface area contributed by atoms with Crippen molar-refractivity contribution in [3.63, 3.8) is 0 Å². The second-order valence-corrected chi connectivity index (χ2v) is 6.16. The van der Waals surface area contributed by atoms with Gasteiger partial charge in [-0.15, -0.1) is 0 Å². The maximum Gasteiger partial charge on any atom is 0.180 e. The highest BCUT2D eigenvalue weighted by Gasteiger charge is 2.23. The number of aromatic nitrogens is 1. The Labute approximate surface area is 122 Å². The zero-order valence-corrected chi connectivity index (χ0v) is 12.9. The van der Waals surface area contributed by atoms with Crippen LogP contribution in [0.4, 0.5) is 5.69 Å². The first-order chi connectivity index (χ1) is 9.61. The summed E-state index contributed by atoms with van der Waals surface area (Å²) in [6.07, 6.45) is 7.62. The Hall–Kier alpha value is -1.38. The Morgan fingerprint density at radius 1 is 1.35 bits per heavy atom. The van der Waals surface area contributed by atoms with E-state index in [1.54, 1.807) is 0 Å². The van der Waals surface area contributed by atoms with E-state index < -0.39 is 0 Å². The van der Waals surface area contributed by atoms with Gasteiger partial charge in [0.1, 0.15) is 5.69 Å². The molecule has 1 saturated carbocycles. The average Bonchev–Trinajstić information content (AvgIpc) is 2.98. The summed E-state index contributed by atoms with van der Waals surface area (Å²) in [4.78, 5) is 18.5. The van der Waals surface area contributed by atoms with Gasteiger partial charge in [-0.1, -0.05) is 33.6 Å². The molecule has 0 radical (unpaired) electrons. The van der Waals surface area contributed by atoms with Gasteiger partial charge in [0.15, 0.2) is 5.78 Å². The Morgan fingerprint density at radius 3 is 2.55 bits per heavy atom. The molecule has 1 aromatic heterocycles. The lowest BCUT2D eigenvalue weighted by Crippen LogP contribution is -2.36. The van der Waals surface area contributed by atoms with Gasteiger partial charge in [-0.3, -0.25) is 9.78 Å². The fourth-order valence-corrected chi connectivity index (χ4v) is 2.98. The van der Waals surface area contributed by atoms with E-state index in [2.05, 4.69) is 29.8 Å². The fraction of sp³-hybridized carbons (Fsp3) is 0.647. The summed E-state index contributed by atoms with van der Waals surface area (Å²) >= 11 is 0. The van der Waals surface area contributed by atoms with E-state index in [1.807, 2.05) is 19.2 Å². The molecule has 3 nitrogen and oxygen atoms in total. The predicted octanol–water partition coefficient (Wildman–Crippen LogP) is 4.08. The summed E-state index contributed by atoms with van der Waals surface area (Å²) in [5.41, 5.74) is 1.76. The molecule has 0 atom stereocenters. The molecule has 20 heavy (non-hydrogen) atoms. The molecule has 0 amide bonds. The monoisotopic (exact) mass is 274 g/mol. The molecule has 1 aromatic rings. The molecule has 0 spiro atoms. The highest BCUT2D eigenvalue weighted by atomic mass is 16.1. The largest absolute Gasteiger partial charge is 0.367 e. The van der Waals surface area contributed by atoms with Gasteiger partial charge in [-0.2, -0.15) is 0 Å². The van der Waals surface area contributed by atoms with Crippen LogP contribution in [-0.2, 0) is 0 Å². The minimum Gasteiger partial charge on any atom is -0.367 e. The van der Waals surface area contributed by atoms with Gasteiger partial charge in [0.2, 0.25) is 0 Å². The molecular formula is C17H26N2O. The quantitative estimate of drug-likeness (QED) is 0.733. The van der Waals surface area contributed by atoms with Crippen molar-refractivity contribution in [2.45, 2.75) is 58.9 Å². The lowest BCUT2D eigenvalue weighted by molar-refractivity contribution is 0.0983. The molecule has 2 rings (SSSR count). The Bertz CT molecular complexity index is 433. The van der Waals surface area contributed by atoms with E-state index >= 15 is 0 Å². The highest BCUT2D eigenvalue weighted by molar-refractivity contribution is 5.94. The van der Waals surface area contributed by atoms with Crippen LogP contribution in [0.2, 0.25) is 0 Å². The molecule has 1 aliphatic carbocycles. The molecule has 0 saturated heterocycles. The van der Waals surface area contributed by atoms with Crippen molar-refractivity contribution < 1.29 is 4.79 Å². The van der Waals surface area contributed by atoms with E-state index in [0.29, 0.717) is 24.1 Å². The number of ketones is 1. The molecular weight excluding hydrogens is 248 g/mol. The van der Waals surface area contributed by atoms with Gasteiger partial charge >= 0.3 is 0 Å². The third kappa shape index (κ3) is 3.59. The van der Waals surface area contributed by atoms with Gasteiger partial charge in [0.25, 0.3) is 0 Å². The molecule has 1 aliphatic rings. The number of pyridine rings is 1. The first-order valence-electron chi connectivity index (χ1n) is 7.87. The minimum atomic E-state index is 0.118. The Morgan fingerprint density at radius 2 is 2.05 bits per heavy atom. The lowest BCUT2D eigenvalue weighted by Gasteiger charge is -2.32. The summed E-state index contributed by atoms with van der Waals surface area (Å²) in [6, 6.07) is 4.59.